The number of amides is 1. The van der Waals surface area contributed by atoms with E-state index < -0.39 is 0 Å². The van der Waals surface area contributed by atoms with Crippen LogP contribution in [-0.2, 0) is 6.42 Å². The molecule has 2 aromatic rings. The number of rotatable bonds is 10. The van der Waals surface area contributed by atoms with Crippen LogP contribution in [0.25, 0.3) is 0 Å². The van der Waals surface area contributed by atoms with Gasteiger partial charge in [0.2, 0.25) is 5.13 Å². The molecule has 0 aliphatic carbocycles. The Balaban J connectivity index is 2.07. The maximum Gasteiger partial charge on any atom is 0.257 e. The van der Waals surface area contributed by atoms with Crippen molar-refractivity contribution in [1.29, 1.82) is 0 Å². The van der Waals surface area contributed by atoms with Gasteiger partial charge in [-0.3, -0.25) is 10.1 Å². The van der Waals surface area contributed by atoms with Crippen molar-refractivity contribution in [3.63, 3.8) is 0 Å². The number of nitrogens with one attached hydrogen (secondary N) is 1. The van der Waals surface area contributed by atoms with E-state index in [1.54, 1.807) is 18.2 Å². The molecule has 142 valence electrons. The molecule has 0 bridgehead atoms. The van der Waals surface area contributed by atoms with Crippen molar-refractivity contribution in [3.05, 3.63) is 28.8 Å². The Morgan fingerprint density at radius 1 is 1.19 bits per heavy atom. The molecule has 1 heterocycles. The van der Waals surface area contributed by atoms with Gasteiger partial charge in [0.05, 0.1) is 13.2 Å². The zero-order chi connectivity index (χ0) is 18.9. The third-order valence-electron chi connectivity index (χ3n) is 3.53. The number of nitrogens with zero attached hydrogens (tertiary/aromatic N) is 2. The predicted molar refractivity (Wildman–Crippen MR) is 104 cm³/mol. The number of unbranched alkanes of at least 4 members (excludes halogenated alkanes) is 1. The molecule has 0 saturated heterocycles. The SMILES string of the molecule is CCCCOc1ccc(C(=O)Nc2nnc(CC(C)C)s2)cc1OCC. The van der Waals surface area contributed by atoms with Crippen LogP contribution in [0, 0.1) is 5.92 Å². The van der Waals surface area contributed by atoms with E-state index in [1.165, 1.54) is 11.3 Å². The van der Waals surface area contributed by atoms with Crippen molar-refractivity contribution in [2.24, 2.45) is 5.92 Å². The lowest BCUT2D eigenvalue weighted by atomic mass is 10.1. The smallest absolute Gasteiger partial charge is 0.257 e. The van der Waals surface area contributed by atoms with Gasteiger partial charge in [0.15, 0.2) is 11.5 Å². The van der Waals surface area contributed by atoms with Crippen molar-refractivity contribution in [1.82, 2.24) is 10.2 Å². The Kier molecular flexibility index (Phi) is 7.84. The van der Waals surface area contributed by atoms with Crippen LogP contribution < -0.4 is 14.8 Å². The maximum absolute atomic E-state index is 12.5. The Morgan fingerprint density at radius 3 is 2.69 bits per heavy atom. The fourth-order valence-electron chi connectivity index (χ4n) is 2.27. The number of carbonyl (C=O) groups excluding carboxylic acids is 1. The summed E-state index contributed by atoms with van der Waals surface area (Å²) in [5, 5.41) is 12.4. The molecule has 0 spiro atoms. The lowest BCUT2D eigenvalue weighted by Crippen LogP contribution is -2.12. The van der Waals surface area contributed by atoms with Crippen LogP contribution in [0.5, 0.6) is 11.5 Å². The molecule has 0 atom stereocenters. The Bertz CT molecular complexity index is 716. The predicted octanol–water partition coefficient (Wildman–Crippen LogP) is 4.57. The van der Waals surface area contributed by atoms with Gasteiger partial charge >= 0.3 is 0 Å². The summed E-state index contributed by atoms with van der Waals surface area (Å²) in [5.74, 6) is 1.50. The summed E-state index contributed by atoms with van der Waals surface area (Å²) in [6, 6.07) is 5.21. The second-order valence-electron chi connectivity index (χ2n) is 6.35. The lowest BCUT2D eigenvalue weighted by Gasteiger charge is -2.13. The fraction of sp³-hybridized carbons (Fsp3) is 0.526. The molecule has 26 heavy (non-hydrogen) atoms. The number of hydrogen-bond acceptors (Lipinski definition) is 6. The highest BCUT2D eigenvalue weighted by Gasteiger charge is 2.14. The Morgan fingerprint density at radius 2 is 2.00 bits per heavy atom. The molecule has 0 aliphatic rings. The minimum absolute atomic E-state index is 0.238. The van der Waals surface area contributed by atoms with Crippen LogP contribution >= 0.6 is 11.3 Å². The molecule has 0 aliphatic heterocycles. The number of benzene rings is 1. The number of ether oxygens (including phenoxy) is 2. The average molecular weight is 378 g/mol. The van der Waals surface area contributed by atoms with Crippen molar-refractivity contribution >= 4 is 22.4 Å². The lowest BCUT2D eigenvalue weighted by molar-refractivity contribution is 0.102. The normalized spacial score (nSPS) is 10.8. The number of hydrogen-bond donors (Lipinski definition) is 1. The van der Waals surface area contributed by atoms with Gasteiger partial charge in [0.1, 0.15) is 5.01 Å². The van der Waals surface area contributed by atoms with Crippen molar-refractivity contribution in [2.75, 3.05) is 18.5 Å². The van der Waals surface area contributed by atoms with E-state index in [9.17, 15) is 4.79 Å². The molecular weight excluding hydrogens is 350 g/mol. The highest BCUT2D eigenvalue weighted by Crippen LogP contribution is 2.29. The van der Waals surface area contributed by atoms with Gasteiger partial charge in [-0.05, 0) is 37.5 Å². The Hall–Kier alpha value is -2.15. The second-order valence-corrected chi connectivity index (χ2v) is 7.41. The van der Waals surface area contributed by atoms with Gasteiger partial charge in [-0.15, -0.1) is 10.2 Å². The first kappa shape index (κ1) is 20.2. The van der Waals surface area contributed by atoms with Crippen LogP contribution in [0.4, 0.5) is 5.13 Å². The van der Waals surface area contributed by atoms with Crippen LogP contribution in [0.15, 0.2) is 18.2 Å². The van der Waals surface area contributed by atoms with E-state index in [4.69, 9.17) is 9.47 Å². The third-order valence-corrected chi connectivity index (χ3v) is 4.39. The topological polar surface area (TPSA) is 73.3 Å². The fourth-order valence-corrected chi connectivity index (χ4v) is 3.22. The summed E-state index contributed by atoms with van der Waals surface area (Å²) in [7, 11) is 0. The minimum atomic E-state index is -0.238. The molecule has 1 aromatic carbocycles. The summed E-state index contributed by atoms with van der Waals surface area (Å²) in [4.78, 5) is 12.5. The third kappa shape index (κ3) is 5.98. The first-order valence-corrected chi connectivity index (χ1v) is 9.88. The van der Waals surface area contributed by atoms with Crippen LogP contribution in [0.3, 0.4) is 0 Å². The number of aromatic nitrogens is 2. The zero-order valence-corrected chi connectivity index (χ0v) is 16.7. The van der Waals surface area contributed by atoms with E-state index >= 15 is 0 Å². The highest BCUT2D eigenvalue weighted by atomic mass is 32.1. The molecule has 1 N–H and O–H groups in total. The summed E-state index contributed by atoms with van der Waals surface area (Å²) in [5.41, 5.74) is 0.497. The molecule has 0 unspecified atom stereocenters. The van der Waals surface area contributed by atoms with Crippen molar-refractivity contribution in [3.8, 4) is 11.5 Å². The Labute approximate surface area is 158 Å². The first-order chi connectivity index (χ1) is 12.5. The molecule has 2 rings (SSSR count). The van der Waals surface area contributed by atoms with Gasteiger partial charge in [0, 0.05) is 12.0 Å². The van der Waals surface area contributed by atoms with E-state index in [0.717, 1.165) is 24.3 Å². The first-order valence-electron chi connectivity index (χ1n) is 9.06. The van der Waals surface area contributed by atoms with Gasteiger partial charge in [0.25, 0.3) is 5.91 Å². The summed E-state index contributed by atoms with van der Waals surface area (Å²) >= 11 is 1.41. The van der Waals surface area contributed by atoms with Gasteiger partial charge in [-0.1, -0.05) is 38.5 Å². The largest absolute Gasteiger partial charge is 0.490 e. The molecule has 0 radical (unpaired) electrons. The van der Waals surface area contributed by atoms with Crippen molar-refractivity contribution < 1.29 is 14.3 Å². The van der Waals surface area contributed by atoms with E-state index in [2.05, 4.69) is 36.3 Å². The average Bonchev–Trinajstić information content (AvgIpc) is 3.02. The van der Waals surface area contributed by atoms with E-state index in [1.807, 2.05) is 6.92 Å². The van der Waals surface area contributed by atoms with E-state index in [0.29, 0.717) is 41.3 Å². The van der Waals surface area contributed by atoms with Gasteiger partial charge in [-0.2, -0.15) is 0 Å². The summed E-state index contributed by atoms with van der Waals surface area (Å²) < 4.78 is 11.4. The van der Waals surface area contributed by atoms with Gasteiger partial charge in [-0.25, -0.2) is 0 Å². The van der Waals surface area contributed by atoms with Crippen LogP contribution in [0.2, 0.25) is 0 Å². The molecule has 1 aromatic heterocycles. The van der Waals surface area contributed by atoms with E-state index in [-0.39, 0.29) is 5.91 Å². The monoisotopic (exact) mass is 377 g/mol. The van der Waals surface area contributed by atoms with Gasteiger partial charge < -0.3 is 9.47 Å². The van der Waals surface area contributed by atoms with Crippen LogP contribution in [-0.4, -0.2) is 29.3 Å². The molecule has 1 amide bonds. The quantitative estimate of drug-likeness (QED) is 0.614. The molecular formula is C19H27N3O3S. The summed E-state index contributed by atoms with van der Waals surface area (Å²) in [6.45, 7) is 9.40. The maximum atomic E-state index is 12.5. The zero-order valence-electron chi connectivity index (χ0n) is 15.9. The molecule has 6 nitrogen and oxygen atoms in total. The van der Waals surface area contributed by atoms with Crippen LogP contribution in [0.1, 0.15) is 55.9 Å². The standard InChI is InChI=1S/C19H27N3O3S/c1-5-7-10-25-15-9-8-14(12-16(15)24-6-2)18(23)20-19-22-21-17(26-19)11-13(3)4/h8-9,12-13H,5-7,10-11H2,1-4H3,(H,20,22,23). The summed E-state index contributed by atoms with van der Waals surface area (Å²) in [6.07, 6.45) is 2.89. The number of carbonyl (C=O) groups is 1. The molecule has 0 saturated carbocycles. The molecule has 7 heteroatoms. The second kappa shape index (κ2) is 10.1. The minimum Gasteiger partial charge on any atom is -0.490 e. The van der Waals surface area contributed by atoms with Crippen molar-refractivity contribution in [2.45, 2.75) is 47.0 Å². The molecule has 0 fully saturated rings. The number of anilines is 1. The highest BCUT2D eigenvalue weighted by molar-refractivity contribution is 7.15.